The van der Waals surface area contributed by atoms with Crippen molar-refractivity contribution >= 4 is 23.2 Å². The van der Waals surface area contributed by atoms with E-state index >= 15 is 0 Å². The number of hydrogen-bond acceptors (Lipinski definition) is 6. The van der Waals surface area contributed by atoms with E-state index in [4.69, 9.17) is 9.47 Å². The smallest absolute Gasteiger partial charge is 0.254 e. The number of benzene rings is 2. The summed E-state index contributed by atoms with van der Waals surface area (Å²) in [5.41, 5.74) is 1.74. The van der Waals surface area contributed by atoms with Crippen LogP contribution in [0.3, 0.4) is 0 Å². The van der Waals surface area contributed by atoms with Gasteiger partial charge in [0.25, 0.3) is 5.91 Å². The van der Waals surface area contributed by atoms with Gasteiger partial charge in [-0.1, -0.05) is 30.3 Å². The molecule has 0 spiro atoms. The van der Waals surface area contributed by atoms with Crippen LogP contribution >= 0.6 is 11.3 Å². The number of ether oxygens (including phenoxy) is 2. The van der Waals surface area contributed by atoms with E-state index in [1.807, 2.05) is 59.5 Å². The molecule has 7 nitrogen and oxygen atoms in total. The topological polar surface area (TPSA) is 62.3 Å². The van der Waals surface area contributed by atoms with Gasteiger partial charge in [0.05, 0.1) is 13.2 Å². The lowest BCUT2D eigenvalue weighted by atomic mass is 10.0. The first kappa shape index (κ1) is 26.3. The van der Waals surface area contributed by atoms with Crippen molar-refractivity contribution in [1.29, 1.82) is 0 Å². The molecule has 2 amide bonds. The standard InChI is InChI=1S/C30H35N3O4S/c1-36-26-11-5-6-12-27(26)37-22-25-24-14-20-38-28(24)13-17-33(25)29(34)21-32(19-18-31-15-7-8-16-31)30(35)23-9-3-2-4-10-23/h2-6,9-12,14,20,25H,7-8,13,15-19,21-22H2,1H3. The number of thiophene rings is 1. The van der Waals surface area contributed by atoms with Gasteiger partial charge in [0, 0.05) is 30.1 Å². The molecule has 200 valence electrons. The predicted octanol–water partition coefficient (Wildman–Crippen LogP) is 4.50. The molecule has 8 heteroatoms. The number of nitrogens with zero attached hydrogens (tertiary/aromatic N) is 3. The summed E-state index contributed by atoms with van der Waals surface area (Å²) in [6.45, 7) is 4.38. The second-order valence-corrected chi connectivity index (χ2v) is 10.8. The van der Waals surface area contributed by atoms with Crippen molar-refractivity contribution in [3.8, 4) is 11.5 Å². The second-order valence-electron chi connectivity index (χ2n) is 9.76. The monoisotopic (exact) mass is 533 g/mol. The summed E-state index contributed by atoms with van der Waals surface area (Å²) in [7, 11) is 1.62. The van der Waals surface area contributed by atoms with Crippen LogP contribution in [0.5, 0.6) is 11.5 Å². The lowest BCUT2D eigenvalue weighted by Gasteiger charge is -2.37. The van der Waals surface area contributed by atoms with Gasteiger partial charge in [-0.05, 0) is 73.6 Å². The van der Waals surface area contributed by atoms with E-state index in [0.29, 0.717) is 36.8 Å². The van der Waals surface area contributed by atoms with Crippen LogP contribution in [0, 0.1) is 0 Å². The van der Waals surface area contributed by atoms with Gasteiger partial charge < -0.3 is 24.2 Å². The molecule has 0 bridgehead atoms. The van der Waals surface area contributed by atoms with Crippen LogP contribution in [0.25, 0.3) is 0 Å². The molecule has 1 unspecified atom stereocenters. The van der Waals surface area contributed by atoms with E-state index in [1.165, 1.54) is 17.7 Å². The summed E-state index contributed by atoms with van der Waals surface area (Å²) in [6.07, 6.45) is 3.19. The lowest BCUT2D eigenvalue weighted by molar-refractivity contribution is -0.135. The van der Waals surface area contributed by atoms with Crippen molar-refractivity contribution in [2.24, 2.45) is 0 Å². The van der Waals surface area contributed by atoms with E-state index < -0.39 is 0 Å². The van der Waals surface area contributed by atoms with Gasteiger partial charge in [-0.3, -0.25) is 9.59 Å². The molecule has 1 aromatic heterocycles. The molecule has 0 N–H and O–H groups in total. The minimum atomic E-state index is -0.227. The van der Waals surface area contributed by atoms with Crippen LogP contribution in [0.15, 0.2) is 66.0 Å². The zero-order chi connectivity index (χ0) is 26.3. The maximum atomic E-state index is 13.9. The zero-order valence-corrected chi connectivity index (χ0v) is 22.7. The van der Waals surface area contributed by atoms with Gasteiger partial charge in [-0.25, -0.2) is 0 Å². The Labute approximate surface area is 228 Å². The lowest BCUT2D eigenvalue weighted by Crippen LogP contribution is -2.49. The molecule has 0 saturated carbocycles. The van der Waals surface area contributed by atoms with Crippen molar-refractivity contribution < 1.29 is 19.1 Å². The fourth-order valence-corrected chi connectivity index (χ4v) is 6.25. The third kappa shape index (κ3) is 6.03. The molecular formula is C30H35N3O4S. The first-order valence-electron chi connectivity index (χ1n) is 13.3. The first-order valence-corrected chi connectivity index (χ1v) is 14.2. The van der Waals surface area contributed by atoms with Gasteiger partial charge in [0.1, 0.15) is 13.2 Å². The number of carbonyl (C=O) groups excluding carboxylic acids is 2. The average molecular weight is 534 g/mol. The van der Waals surface area contributed by atoms with E-state index in [-0.39, 0.29) is 24.4 Å². The number of rotatable bonds is 10. The van der Waals surface area contributed by atoms with E-state index in [2.05, 4.69) is 16.3 Å². The third-order valence-corrected chi connectivity index (χ3v) is 8.40. The van der Waals surface area contributed by atoms with Crippen LogP contribution in [0.4, 0.5) is 0 Å². The van der Waals surface area contributed by atoms with Gasteiger partial charge in [0.2, 0.25) is 5.91 Å². The molecule has 38 heavy (non-hydrogen) atoms. The van der Waals surface area contributed by atoms with Crippen LogP contribution in [-0.4, -0.2) is 79.5 Å². The van der Waals surface area contributed by atoms with E-state index in [9.17, 15) is 9.59 Å². The minimum absolute atomic E-state index is 0.0478. The maximum Gasteiger partial charge on any atom is 0.254 e. The van der Waals surface area contributed by atoms with Crippen LogP contribution in [-0.2, 0) is 11.2 Å². The molecule has 0 radical (unpaired) electrons. The summed E-state index contributed by atoms with van der Waals surface area (Å²) >= 11 is 1.72. The van der Waals surface area contributed by atoms with Crippen LogP contribution in [0.2, 0.25) is 0 Å². The molecule has 1 saturated heterocycles. The molecule has 2 aliphatic heterocycles. The Kier molecular flexibility index (Phi) is 8.61. The summed E-state index contributed by atoms with van der Waals surface area (Å²) in [5, 5.41) is 2.08. The third-order valence-electron chi connectivity index (χ3n) is 7.40. The fourth-order valence-electron chi connectivity index (χ4n) is 5.32. The molecule has 2 aromatic carbocycles. The van der Waals surface area contributed by atoms with Crippen LogP contribution < -0.4 is 9.47 Å². The van der Waals surface area contributed by atoms with Crippen molar-refractivity contribution in [3.63, 3.8) is 0 Å². The summed E-state index contributed by atoms with van der Waals surface area (Å²) < 4.78 is 11.7. The molecule has 1 fully saturated rings. The number of carbonyl (C=O) groups is 2. The van der Waals surface area contributed by atoms with Gasteiger partial charge >= 0.3 is 0 Å². The minimum Gasteiger partial charge on any atom is -0.493 e. The largest absolute Gasteiger partial charge is 0.493 e. The van der Waals surface area contributed by atoms with Crippen molar-refractivity contribution in [1.82, 2.24) is 14.7 Å². The molecular weight excluding hydrogens is 498 g/mol. The van der Waals surface area contributed by atoms with E-state index in [1.54, 1.807) is 23.3 Å². The normalized spacial score (nSPS) is 17.2. The number of amides is 2. The van der Waals surface area contributed by atoms with Gasteiger partial charge in [-0.15, -0.1) is 11.3 Å². The second kappa shape index (κ2) is 12.5. The summed E-state index contributed by atoms with van der Waals surface area (Å²) in [5.74, 6) is 1.15. The quantitative estimate of drug-likeness (QED) is 0.384. The number of para-hydroxylation sites is 2. The number of likely N-dealkylation sites (tertiary alicyclic amines) is 1. The van der Waals surface area contributed by atoms with Crippen molar-refractivity contribution in [2.75, 3.05) is 53.0 Å². The Morgan fingerprint density at radius 3 is 2.47 bits per heavy atom. The predicted molar refractivity (Wildman–Crippen MR) is 149 cm³/mol. The zero-order valence-electron chi connectivity index (χ0n) is 21.9. The van der Waals surface area contributed by atoms with E-state index in [0.717, 1.165) is 31.6 Å². The highest BCUT2D eigenvalue weighted by Gasteiger charge is 2.34. The molecule has 5 rings (SSSR count). The molecule has 2 aliphatic rings. The van der Waals surface area contributed by atoms with Crippen molar-refractivity contribution in [2.45, 2.75) is 25.3 Å². The molecule has 1 atom stereocenters. The number of methoxy groups -OCH3 is 1. The van der Waals surface area contributed by atoms with Gasteiger partial charge in [0.15, 0.2) is 11.5 Å². The highest BCUT2D eigenvalue weighted by molar-refractivity contribution is 7.10. The molecule has 0 aliphatic carbocycles. The van der Waals surface area contributed by atoms with Gasteiger partial charge in [-0.2, -0.15) is 0 Å². The fraction of sp³-hybridized carbons (Fsp3) is 0.400. The van der Waals surface area contributed by atoms with Crippen LogP contribution in [0.1, 0.15) is 39.7 Å². The number of hydrogen-bond donors (Lipinski definition) is 0. The Balaban J connectivity index is 1.33. The maximum absolute atomic E-state index is 13.9. The first-order chi connectivity index (χ1) is 18.6. The Morgan fingerprint density at radius 1 is 0.974 bits per heavy atom. The SMILES string of the molecule is COc1ccccc1OCC1c2ccsc2CCN1C(=O)CN(CCN1CCCC1)C(=O)c1ccccc1. The highest BCUT2D eigenvalue weighted by atomic mass is 32.1. The average Bonchev–Trinajstić information content (AvgIpc) is 3.66. The number of fused-ring (bicyclic) bond motifs is 1. The Hall–Kier alpha value is -3.36. The Morgan fingerprint density at radius 2 is 1.71 bits per heavy atom. The Bertz CT molecular complexity index is 1230. The summed E-state index contributed by atoms with van der Waals surface area (Å²) in [4.78, 5) is 34.6. The van der Waals surface area contributed by atoms with Crippen molar-refractivity contribution in [3.05, 3.63) is 82.0 Å². The molecule has 3 aromatic rings. The summed E-state index contributed by atoms with van der Waals surface area (Å²) in [6, 6.07) is 18.7. The highest BCUT2D eigenvalue weighted by Crippen LogP contribution is 2.35. The molecule has 3 heterocycles.